The van der Waals surface area contributed by atoms with Crippen LogP contribution in [0.15, 0.2) is 30.3 Å². The maximum Gasteiger partial charge on any atom is 0.312 e. The number of benzene rings is 1. The van der Waals surface area contributed by atoms with Crippen molar-refractivity contribution in [3.05, 3.63) is 35.9 Å². The summed E-state index contributed by atoms with van der Waals surface area (Å²) in [6.07, 6.45) is 5.64. The molecule has 0 saturated carbocycles. The Morgan fingerprint density at radius 3 is 2.73 bits per heavy atom. The van der Waals surface area contributed by atoms with E-state index >= 15 is 0 Å². The zero-order chi connectivity index (χ0) is 15.8. The number of rotatable bonds is 6. The van der Waals surface area contributed by atoms with Crippen molar-refractivity contribution in [2.75, 3.05) is 13.1 Å². The average Bonchev–Trinajstić information content (AvgIpc) is 2.54. The molecular weight excluding hydrogens is 278 g/mol. The van der Waals surface area contributed by atoms with Gasteiger partial charge in [-0.15, -0.1) is 0 Å². The number of amides is 3. The van der Waals surface area contributed by atoms with Crippen LogP contribution in [0.1, 0.15) is 37.7 Å². The van der Waals surface area contributed by atoms with Gasteiger partial charge in [-0.05, 0) is 37.7 Å². The summed E-state index contributed by atoms with van der Waals surface area (Å²) in [5.74, 6) is 0.117. The van der Waals surface area contributed by atoms with Gasteiger partial charge in [0.05, 0.1) is 0 Å². The molecule has 1 aromatic rings. The van der Waals surface area contributed by atoms with Gasteiger partial charge < -0.3 is 16.0 Å². The van der Waals surface area contributed by atoms with Crippen molar-refractivity contribution in [2.24, 2.45) is 5.73 Å². The maximum absolute atomic E-state index is 12.3. The van der Waals surface area contributed by atoms with Gasteiger partial charge in [0, 0.05) is 25.6 Å². The van der Waals surface area contributed by atoms with Crippen LogP contribution in [-0.2, 0) is 11.2 Å². The molecule has 3 N–H and O–H groups in total. The van der Waals surface area contributed by atoms with Crippen molar-refractivity contribution >= 4 is 11.9 Å². The lowest BCUT2D eigenvalue weighted by atomic mass is 9.95. The van der Waals surface area contributed by atoms with Crippen LogP contribution in [0.2, 0.25) is 0 Å². The van der Waals surface area contributed by atoms with Gasteiger partial charge in [-0.1, -0.05) is 30.3 Å². The molecule has 1 heterocycles. The Bertz CT molecular complexity index is 490. The first-order chi connectivity index (χ1) is 10.7. The summed E-state index contributed by atoms with van der Waals surface area (Å²) < 4.78 is 0. The van der Waals surface area contributed by atoms with Crippen LogP contribution in [0.3, 0.4) is 0 Å². The van der Waals surface area contributed by atoms with Crippen LogP contribution in [0.4, 0.5) is 4.79 Å². The normalized spacial score (nSPS) is 18.0. The molecule has 0 radical (unpaired) electrons. The SMILES string of the molecule is NC(=O)NCCC(=O)N1CCCC[C@H]1CCc1ccccc1. The number of hydrogen-bond donors (Lipinski definition) is 2. The molecule has 1 atom stereocenters. The van der Waals surface area contributed by atoms with E-state index in [4.69, 9.17) is 5.73 Å². The Labute approximate surface area is 131 Å². The van der Waals surface area contributed by atoms with Crippen LogP contribution >= 0.6 is 0 Å². The molecule has 5 heteroatoms. The molecule has 22 heavy (non-hydrogen) atoms. The monoisotopic (exact) mass is 303 g/mol. The van der Waals surface area contributed by atoms with Crippen molar-refractivity contribution in [3.8, 4) is 0 Å². The molecule has 1 saturated heterocycles. The summed E-state index contributed by atoms with van der Waals surface area (Å²) in [5.41, 5.74) is 6.34. The number of aryl methyl sites for hydroxylation is 1. The van der Waals surface area contributed by atoms with Crippen LogP contribution in [0, 0.1) is 0 Å². The molecule has 0 aromatic heterocycles. The second-order valence-corrected chi connectivity index (χ2v) is 5.80. The molecule has 0 bridgehead atoms. The van der Waals surface area contributed by atoms with E-state index in [-0.39, 0.29) is 5.91 Å². The lowest BCUT2D eigenvalue weighted by molar-refractivity contribution is -0.134. The van der Waals surface area contributed by atoms with Gasteiger partial charge in [-0.3, -0.25) is 4.79 Å². The number of nitrogens with one attached hydrogen (secondary N) is 1. The van der Waals surface area contributed by atoms with Gasteiger partial charge in [0.1, 0.15) is 0 Å². The minimum absolute atomic E-state index is 0.117. The summed E-state index contributed by atoms with van der Waals surface area (Å²) in [6.45, 7) is 1.14. The Morgan fingerprint density at radius 1 is 1.23 bits per heavy atom. The first-order valence-electron chi connectivity index (χ1n) is 8.03. The third-order valence-corrected chi connectivity index (χ3v) is 4.19. The average molecular weight is 303 g/mol. The van der Waals surface area contributed by atoms with Crippen LogP contribution in [-0.4, -0.2) is 36.0 Å². The smallest absolute Gasteiger partial charge is 0.312 e. The number of carbonyl (C=O) groups excluding carboxylic acids is 2. The van der Waals surface area contributed by atoms with Gasteiger partial charge in [-0.2, -0.15) is 0 Å². The molecule has 2 rings (SSSR count). The number of hydrogen-bond acceptors (Lipinski definition) is 2. The zero-order valence-electron chi connectivity index (χ0n) is 13.0. The van der Waals surface area contributed by atoms with Gasteiger partial charge in [0.25, 0.3) is 0 Å². The van der Waals surface area contributed by atoms with Gasteiger partial charge in [0.2, 0.25) is 5.91 Å². The van der Waals surface area contributed by atoms with E-state index in [0.717, 1.165) is 32.2 Å². The molecular formula is C17H25N3O2. The molecule has 1 aliphatic rings. The highest BCUT2D eigenvalue weighted by atomic mass is 16.2. The molecule has 1 aromatic carbocycles. The first kappa shape index (κ1) is 16.3. The lowest BCUT2D eigenvalue weighted by Crippen LogP contribution is -2.45. The molecule has 3 amide bonds. The quantitative estimate of drug-likeness (QED) is 0.844. The highest BCUT2D eigenvalue weighted by Gasteiger charge is 2.25. The standard InChI is InChI=1S/C17H25N3O2/c18-17(22)19-12-11-16(21)20-13-5-4-8-15(20)10-9-14-6-2-1-3-7-14/h1-3,6-7,15H,4-5,8-13H2,(H3,18,19,22)/t15-/m0/s1. The van der Waals surface area contributed by atoms with Crippen LogP contribution in [0.5, 0.6) is 0 Å². The minimum Gasteiger partial charge on any atom is -0.352 e. The Balaban J connectivity index is 1.84. The topological polar surface area (TPSA) is 75.4 Å². The molecule has 0 spiro atoms. The number of likely N-dealkylation sites (tertiary alicyclic amines) is 1. The van der Waals surface area contributed by atoms with E-state index in [1.807, 2.05) is 11.0 Å². The highest BCUT2D eigenvalue weighted by molar-refractivity contribution is 5.78. The number of nitrogens with zero attached hydrogens (tertiary/aromatic N) is 1. The Morgan fingerprint density at radius 2 is 2.00 bits per heavy atom. The van der Waals surface area contributed by atoms with E-state index in [9.17, 15) is 9.59 Å². The second kappa shape index (κ2) is 8.41. The summed E-state index contributed by atoms with van der Waals surface area (Å²) in [4.78, 5) is 25.0. The summed E-state index contributed by atoms with van der Waals surface area (Å²) >= 11 is 0. The summed E-state index contributed by atoms with van der Waals surface area (Å²) in [6, 6.07) is 10.1. The third kappa shape index (κ3) is 5.06. The van der Waals surface area contributed by atoms with Crippen LogP contribution in [0.25, 0.3) is 0 Å². The van der Waals surface area contributed by atoms with Crippen molar-refractivity contribution in [1.29, 1.82) is 0 Å². The van der Waals surface area contributed by atoms with Crippen molar-refractivity contribution in [2.45, 2.75) is 44.6 Å². The van der Waals surface area contributed by atoms with Crippen LogP contribution < -0.4 is 11.1 Å². The predicted octanol–water partition coefficient (Wildman–Crippen LogP) is 2.06. The van der Waals surface area contributed by atoms with Crippen molar-refractivity contribution < 1.29 is 9.59 Å². The molecule has 5 nitrogen and oxygen atoms in total. The highest BCUT2D eigenvalue weighted by Crippen LogP contribution is 2.22. The number of primary amides is 1. The number of carbonyl (C=O) groups is 2. The molecule has 0 aliphatic carbocycles. The largest absolute Gasteiger partial charge is 0.352 e. The zero-order valence-corrected chi connectivity index (χ0v) is 13.0. The van der Waals surface area contributed by atoms with E-state index in [2.05, 4.69) is 29.6 Å². The second-order valence-electron chi connectivity index (χ2n) is 5.80. The van der Waals surface area contributed by atoms with Gasteiger partial charge in [-0.25, -0.2) is 4.79 Å². The van der Waals surface area contributed by atoms with Crippen molar-refractivity contribution in [1.82, 2.24) is 10.2 Å². The number of piperidine rings is 1. The fraction of sp³-hybridized carbons (Fsp3) is 0.529. The lowest BCUT2D eigenvalue weighted by Gasteiger charge is -2.36. The maximum atomic E-state index is 12.3. The first-order valence-corrected chi connectivity index (χ1v) is 8.03. The number of nitrogens with two attached hydrogens (primary N) is 1. The van der Waals surface area contributed by atoms with E-state index in [0.29, 0.717) is 19.0 Å². The predicted molar refractivity (Wildman–Crippen MR) is 86.3 cm³/mol. The molecule has 0 unspecified atom stereocenters. The van der Waals surface area contributed by atoms with Crippen molar-refractivity contribution in [3.63, 3.8) is 0 Å². The molecule has 1 aliphatic heterocycles. The van der Waals surface area contributed by atoms with E-state index < -0.39 is 6.03 Å². The van der Waals surface area contributed by atoms with Gasteiger partial charge >= 0.3 is 6.03 Å². The summed E-state index contributed by atoms with van der Waals surface area (Å²) in [5, 5.41) is 2.48. The van der Waals surface area contributed by atoms with E-state index in [1.54, 1.807) is 0 Å². The molecule has 120 valence electrons. The number of urea groups is 1. The molecule has 1 fully saturated rings. The fourth-order valence-electron chi connectivity index (χ4n) is 3.04. The van der Waals surface area contributed by atoms with E-state index in [1.165, 1.54) is 12.0 Å². The minimum atomic E-state index is -0.577. The van der Waals surface area contributed by atoms with Gasteiger partial charge in [0.15, 0.2) is 0 Å². The fourth-order valence-corrected chi connectivity index (χ4v) is 3.04. The summed E-state index contributed by atoms with van der Waals surface area (Å²) in [7, 11) is 0. The Kier molecular flexibility index (Phi) is 6.25. The Hall–Kier alpha value is -2.04. The third-order valence-electron chi connectivity index (χ3n) is 4.19.